The lowest BCUT2D eigenvalue weighted by molar-refractivity contribution is -0.274. The van der Waals surface area contributed by atoms with Crippen molar-refractivity contribution in [3.63, 3.8) is 0 Å². The van der Waals surface area contributed by atoms with E-state index in [2.05, 4.69) is 9.30 Å². The molecule has 9 heteroatoms. The standard InChI is InChI=1S/C24H29F3N2O2.C5H8O2/c1-15-20(22(28)30)13-21(29(15)14-16-6-4-3-5-7-16)17-10-18(23(2)8-9-23)12-19(11-17)31-24(25,26)27;6-5(7)4-2-1-3-4/h10-13,16H,3-9,14H2,1-2H3,(H2,28,30);4H,1-3H2,(H,6,7). The Morgan fingerprint density at radius 1 is 1.05 bits per heavy atom. The first kappa shape index (κ1) is 28.0. The van der Waals surface area contributed by atoms with Crippen molar-refractivity contribution in [2.75, 3.05) is 0 Å². The van der Waals surface area contributed by atoms with Gasteiger partial charge in [-0.3, -0.25) is 9.59 Å². The average Bonchev–Trinajstić information content (AvgIpc) is 3.46. The summed E-state index contributed by atoms with van der Waals surface area (Å²) in [5.41, 5.74) is 8.80. The topological polar surface area (TPSA) is 94.6 Å². The molecule has 38 heavy (non-hydrogen) atoms. The van der Waals surface area contributed by atoms with Gasteiger partial charge in [0.25, 0.3) is 5.91 Å². The molecule has 208 valence electrons. The van der Waals surface area contributed by atoms with E-state index in [4.69, 9.17) is 10.8 Å². The Balaban J connectivity index is 0.000000417. The number of aromatic nitrogens is 1. The van der Waals surface area contributed by atoms with Gasteiger partial charge in [0.1, 0.15) is 5.75 Å². The monoisotopic (exact) mass is 534 g/mol. The highest BCUT2D eigenvalue weighted by Crippen LogP contribution is 2.49. The van der Waals surface area contributed by atoms with Crippen molar-refractivity contribution >= 4 is 11.9 Å². The van der Waals surface area contributed by atoms with Crippen LogP contribution in [0.4, 0.5) is 13.2 Å². The van der Waals surface area contributed by atoms with Crippen LogP contribution in [0, 0.1) is 18.8 Å². The number of benzene rings is 1. The Kier molecular flexibility index (Phi) is 8.14. The molecule has 5 rings (SSSR count). The van der Waals surface area contributed by atoms with Gasteiger partial charge in [0.2, 0.25) is 0 Å². The SMILES string of the molecule is Cc1c(C(N)=O)cc(-c2cc(OC(F)(F)F)cc(C3(C)CC3)c2)n1CC1CCCCC1.O=C(O)C1CCC1. The molecule has 0 radical (unpaired) electrons. The molecule has 3 aliphatic rings. The third-order valence-corrected chi connectivity index (χ3v) is 8.38. The van der Waals surface area contributed by atoms with Crippen LogP contribution >= 0.6 is 0 Å². The predicted molar refractivity (Wildman–Crippen MR) is 138 cm³/mol. The van der Waals surface area contributed by atoms with Crippen molar-refractivity contribution in [1.82, 2.24) is 4.57 Å². The van der Waals surface area contributed by atoms with Crippen LogP contribution in [0.2, 0.25) is 0 Å². The van der Waals surface area contributed by atoms with Crippen molar-refractivity contribution in [2.45, 2.75) is 96.4 Å². The zero-order valence-corrected chi connectivity index (χ0v) is 22.1. The number of hydrogen-bond acceptors (Lipinski definition) is 3. The minimum atomic E-state index is -4.77. The summed E-state index contributed by atoms with van der Waals surface area (Å²) in [4.78, 5) is 22.0. The predicted octanol–water partition coefficient (Wildman–Crippen LogP) is 6.96. The van der Waals surface area contributed by atoms with Gasteiger partial charge in [-0.05, 0) is 86.6 Å². The molecule has 0 bridgehead atoms. The van der Waals surface area contributed by atoms with Gasteiger partial charge in [-0.25, -0.2) is 0 Å². The minimum Gasteiger partial charge on any atom is -0.481 e. The summed E-state index contributed by atoms with van der Waals surface area (Å²) in [6, 6.07) is 6.55. The Morgan fingerprint density at radius 2 is 1.71 bits per heavy atom. The fourth-order valence-electron chi connectivity index (χ4n) is 5.42. The zero-order valence-electron chi connectivity index (χ0n) is 22.1. The average molecular weight is 535 g/mol. The summed E-state index contributed by atoms with van der Waals surface area (Å²) in [6.07, 6.45) is 5.82. The third-order valence-electron chi connectivity index (χ3n) is 8.38. The van der Waals surface area contributed by atoms with Crippen molar-refractivity contribution in [2.24, 2.45) is 17.6 Å². The lowest BCUT2D eigenvalue weighted by atomic mass is 9.86. The highest BCUT2D eigenvalue weighted by molar-refractivity contribution is 5.95. The maximum absolute atomic E-state index is 13.0. The number of nitrogens with zero attached hydrogens (tertiary/aromatic N) is 1. The van der Waals surface area contributed by atoms with Crippen molar-refractivity contribution in [3.8, 4) is 17.0 Å². The number of halogens is 3. The van der Waals surface area contributed by atoms with E-state index in [0.29, 0.717) is 17.0 Å². The molecule has 1 aromatic heterocycles. The summed E-state index contributed by atoms with van der Waals surface area (Å²) in [7, 11) is 0. The normalized spacial score (nSPS) is 19.2. The second-order valence-electron chi connectivity index (χ2n) is 11.3. The molecule has 0 unspecified atom stereocenters. The molecule has 3 aliphatic carbocycles. The molecule has 3 saturated carbocycles. The number of carbonyl (C=O) groups is 2. The first-order valence-corrected chi connectivity index (χ1v) is 13.5. The molecule has 0 atom stereocenters. The number of nitrogens with two attached hydrogens (primary N) is 1. The number of carboxylic acids is 1. The molecule has 0 saturated heterocycles. The Hall–Kier alpha value is -2.97. The third kappa shape index (κ3) is 6.72. The van der Waals surface area contributed by atoms with Crippen LogP contribution in [0.3, 0.4) is 0 Å². The molecule has 3 fully saturated rings. The fraction of sp³-hybridized carbons (Fsp3) is 0.586. The van der Waals surface area contributed by atoms with Gasteiger partial charge in [0.15, 0.2) is 0 Å². The van der Waals surface area contributed by atoms with Crippen LogP contribution in [0.1, 0.15) is 92.7 Å². The van der Waals surface area contributed by atoms with E-state index in [-0.39, 0.29) is 17.1 Å². The smallest absolute Gasteiger partial charge is 0.481 e. The quantitative estimate of drug-likeness (QED) is 0.401. The lowest BCUT2D eigenvalue weighted by Crippen LogP contribution is -2.20. The number of rotatable bonds is 7. The highest BCUT2D eigenvalue weighted by Gasteiger charge is 2.40. The van der Waals surface area contributed by atoms with E-state index in [0.717, 1.165) is 68.4 Å². The number of primary amides is 1. The maximum atomic E-state index is 13.0. The van der Waals surface area contributed by atoms with Crippen LogP contribution in [0.25, 0.3) is 11.3 Å². The Bertz CT molecular complexity index is 1170. The minimum absolute atomic E-state index is 0.000000000000000444. The van der Waals surface area contributed by atoms with E-state index < -0.39 is 18.2 Å². The van der Waals surface area contributed by atoms with Crippen molar-refractivity contribution in [1.29, 1.82) is 0 Å². The fourth-order valence-corrected chi connectivity index (χ4v) is 5.42. The van der Waals surface area contributed by atoms with Gasteiger partial charge in [-0.15, -0.1) is 13.2 Å². The summed E-state index contributed by atoms with van der Waals surface area (Å²) >= 11 is 0. The van der Waals surface area contributed by atoms with Gasteiger partial charge in [-0.2, -0.15) is 0 Å². The van der Waals surface area contributed by atoms with Crippen LogP contribution in [-0.4, -0.2) is 27.9 Å². The van der Waals surface area contributed by atoms with Gasteiger partial charge >= 0.3 is 12.3 Å². The zero-order chi connectivity index (χ0) is 27.7. The van der Waals surface area contributed by atoms with Gasteiger partial charge in [0.05, 0.1) is 11.5 Å². The number of aliphatic carboxylic acids is 1. The van der Waals surface area contributed by atoms with E-state index in [1.54, 1.807) is 6.07 Å². The number of hydrogen-bond donors (Lipinski definition) is 2. The van der Waals surface area contributed by atoms with Crippen molar-refractivity contribution in [3.05, 3.63) is 41.1 Å². The molecule has 0 spiro atoms. The summed E-state index contributed by atoms with van der Waals surface area (Å²) < 4.78 is 45.3. The first-order valence-electron chi connectivity index (χ1n) is 13.5. The Labute approximate surface area is 221 Å². The number of amides is 1. The molecule has 0 aliphatic heterocycles. The Morgan fingerprint density at radius 3 is 2.18 bits per heavy atom. The van der Waals surface area contributed by atoms with Gasteiger partial charge in [-0.1, -0.05) is 32.6 Å². The second kappa shape index (κ2) is 11.0. The number of carboxylic acid groups (broad SMARTS) is 1. The molecule has 1 heterocycles. The maximum Gasteiger partial charge on any atom is 0.573 e. The molecule has 3 N–H and O–H groups in total. The van der Waals surface area contributed by atoms with Gasteiger partial charge in [0, 0.05) is 23.5 Å². The molecule has 1 aromatic carbocycles. The lowest BCUT2D eigenvalue weighted by Gasteiger charge is -2.24. The molecule has 2 aromatic rings. The summed E-state index contributed by atoms with van der Waals surface area (Å²) in [5, 5.41) is 8.23. The van der Waals surface area contributed by atoms with Gasteiger partial charge < -0.3 is 20.1 Å². The van der Waals surface area contributed by atoms with E-state index in [1.807, 2.05) is 19.9 Å². The second-order valence-corrected chi connectivity index (χ2v) is 11.3. The summed E-state index contributed by atoms with van der Waals surface area (Å²) in [5.74, 6) is -0.893. The highest BCUT2D eigenvalue weighted by atomic mass is 19.4. The van der Waals surface area contributed by atoms with Crippen LogP contribution in [0.15, 0.2) is 24.3 Å². The van der Waals surface area contributed by atoms with E-state index >= 15 is 0 Å². The molecular formula is C29H37F3N2O4. The van der Waals surface area contributed by atoms with Crippen LogP contribution < -0.4 is 10.5 Å². The van der Waals surface area contributed by atoms with Crippen LogP contribution in [0.5, 0.6) is 5.75 Å². The molecule has 1 amide bonds. The molecule has 6 nitrogen and oxygen atoms in total. The number of ether oxygens (including phenoxy) is 1. The first-order chi connectivity index (χ1) is 17.9. The molecular weight excluding hydrogens is 497 g/mol. The van der Waals surface area contributed by atoms with E-state index in [9.17, 15) is 22.8 Å². The van der Waals surface area contributed by atoms with Crippen LogP contribution in [-0.2, 0) is 16.8 Å². The number of alkyl halides is 3. The van der Waals surface area contributed by atoms with Crippen molar-refractivity contribution < 1.29 is 32.6 Å². The van der Waals surface area contributed by atoms with E-state index in [1.165, 1.54) is 31.4 Å². The number of carbonyl (C=O) groups excluding carboxylic acids is 1. The largest absolute Gasteiger partial charge is 0.573 e. The summed E-state index contributed by atoms with van der Waals surface area (Å²) in [6.45, 7) is 4.63.